The zero-order valence-electron chi connectivity index (χ0n) is 10.3. The van der Waals surface area contributed by atoms with E-state index in [1.807, 2.05) is 6.07 Å². The Labute approximate surface area is 105 Å². The third-order valence-corrected chi connectivity index (χ3v) is 2.56. The fourth-order valence-electron chi connectivity index (χ4n) is 1.69. The monoisotopic (exact) mass is 253 g/mol. The molecule has 0 spiro atoms. The van der Waals surface area contributed by atoms with Crippen molar-refractivity contribution >= 4 is 11.9 Å². The number of ether oxygens (including phenoxy) is 2. The van der Waals surface area contributed by atoms with E-state index in [-0.39, 0.29) is 18.2 Å². The highest BCUT2D eigenvalue weighted by molar-refractivity contribution is 5.95. The molecule has 1 aliphatic rings. The van der Waals surface area contributed by atoms with Crippen LogP contribution in [-0.2, 0) is 19.1 Å². The minimum absolute atomic E-state index is 0.0436. The largest absolute Gasteiger partial charge is 0.466 e. The van der Waals surface area contributed by atoms with Gasteiger partial charge in [0.15, 0.2) is 0 Å². The Morgan fingerprint density at radius 1 is 1.50 bits per heavy atom. The van der Waals surface area contributed by atoms with Crippen molar-refractivity contribution in [3.63, 3.8) is 0 Å². The van der Waals surface area contributed by atoms with Crippen LogP contribution < -0.4 is 5.43 Å². The van der Waals surface area contributed by atoms with E-state index in [4.69, 9.17) is 5.26 Å². The molecule has 18 heavy (non-hydrogen) atoms. The summed E-state index contributed by atoms with van der Waals surface area (Å²) < 4.78 is 9.10. The first-order valence-electron chi connectivity index (χ1n) is 5.41. The highest BCUT2D eigenvalue weighted by Crippen LogP contribution is 2.18. The zero-order chi connectivity index (χ0) is 13.5. The van der Waals surface area contributed by atoms with Gasteiger partial charge in [-0.1, -0.05) is 0 Å². The summed E-state index contributed by atoms with van der Waals surface area (Å²) in [6.07, 6.45) is 2.01. The summed E-state index contributed by atoms with van der Waals surface area (Å²) in [5.41, 5.74) is 2.99. The number of carbonyl (C=O) groups is 2. The van der Waals surface area contributed by atoms with Crippen molar-refractivity contribution in [2.24, 2.45) is 0 Å². The topological polar surface area (TPSA) is 91.7 Å². The molecule has 1 saturated heterocycles. The number of carbonyl (C=O) groups excluding carboxylic acids is 2. The second kappa shape index (κ2) is 6.61. The molecule has 1 unspecified atom stereocenters. The summed E-state index contributed by atoms with van der Waals surface area (Å²) in [5.74, 6) is -1.31. The Morgan fingerprint density at radius 3 is 2.78 bits per heavy atom. The number of hydrazine groups is 1. The quantitative estimate of drug-likeness (QED) is 0.543. The van der Waals surface area contributed by atoms with Gasteiger partial charge in [0.05, 0.1) is 38.8 Å². The van der Waals surface area contributed by atoms with Crippen LogP contribution in [0, 0.1) is 11.3 Å². The molecule has 98 valence electrons. The van der Waals surface area contributed by atoms with E-state index in [1.54, 1.807) is 0 Å². The molecule has 0 radical (unpaired) electrons. The minimum Gasteiger partial charge on any atom is -0.466 e. The Bertz CT molecular complexity index is 400. The van der Waals surface area contributed by atoms with E-state index < -0.39 is 11.9 Å². The highest BCUT2D eigenvalue weighted by atomic mass is 16.5. The number of hydrogen-bond donors (Lipinski definition) is 1. The van der Waals surface area contributed by atoms with Crippen LogP contribution in [0.5, 0.6) is 0 Å². The number of hydrogen-bond acceptors (Lipinski definition) is 7. The predicted molar refractivity (Wildman–Crippen MR) is 60.6 cm³/mol. The summed E-state index contributed by atoms with van der Waals surface area (Å²) >= 11 is 0. The summed E-state index contributed by atoms with van der Waals surface area (Å²) in [7, 11) is 2.45. The van der Waals surface area contributed by atoms with Crippen LogP contribution in [0.15, 0.2) is 11.8 Å². The first kappa shape index (κ1) is 14.0. The van der Waals surface area contributed by atoms with Crippen LogP contribution in [-0.4, -0.2) is 43.8 Å². The smallest absolute Gasteiger partial charge is 0.356 e. The van der Waals surface area contributed by atoms with E-state index in [0.29, 0.717) is 13.0 Å². The molecule has 1 heterocycles. The minimum atomic E-state index is -0.655. The molecule has 0 bridgehead atoms. The maximum atomic E-state index is 11.6. The average molecular weight is 253 g/mol. The lowest BCUT2D eigenvalue weighted by Crippen LogP contribution is -2.40. The van der Waals surface area contributed by atoms with Crippen LogP contribution >= 0.6 is 0 Å². The molecular weight excluding hydrogens is 238 g/mol. The summed E-state index contributed by atoms with van der Waals surface area (Å²) in [6.45, 7) is 0.627. The van der Waals surface area contributed by atoms with Gasteiger partial charge in [-0.2, -0.15) is 5.26 Å². The van der Waals surface area contributed by atoms with Gasteiger partial charge in [0.1, 0.15) is 5.70 Å². The molecule has 7 heteroatoms. The Kier molecular flexibility index (Phi) is 5.14. The lowest BCUT2D eigenvalue weighted by molar-refractivity contribution is -0.140. The van der Waals surface area contributed by atoms with Gasteiger partial charge >= 0.3 is 11.9 Å². The molecule has 0 aromatic heterocycles. The predicted octanol–water partition coefficient (Wildman–Crippen LogP) is -0.291. The standard InChI is InChI=1S/C11H15N3O4/c1-17-10(15)7-9(11(16)18-2)14-8(3-5-12)4-6-13-14/h7-8,13H,3-4,6H2,1-2H3/b9-7-. The van der Waals surface area contributed by atoms with Crippen LogP contribution in [0.3, 0.4) is 0 Å². The Morgan fingerprint density at radius 2 is 2.22 bits per heavy atom. The molecule has 0 saturated carbocycles. The van der Waals surface area contributed by atoms with Crippen molar-refractivity contribution < 1.29 is 19.1 Å². The Balaban J connectivity index is 2.96. The number of rotatable bonds is 4. The molecule has 0 amide bonds. The van der Waals surface area contributed by atoms with E-state index in [2.05, 4.69) is 14.9 Å². The lowest BCUT2D eigenvalue weighted by Gasteiger charge is -2.25. The van der Waals surface area contributed by atoms with Gasteiger partial charge in [-0.25, -0.2) is 15.0 Å². The van der Waals surface area contributed by atoms with Gasteiger partial charge in [0.2, 0.25) is 0 Å². The van der Waals surface area contributed by atoms with Crippen LogP contribution in [0.2, 0.25) is 0 Å². The molecule has 1 aliphatic heterocycles. The molecule has 1 fully saturated rings. The molecule has 7 nitrogen and oxygen atoms in total. The molecule has 1 N–H and O–H groups in total. The van der Waals surface area contributed by atoms with Gasteiger partial charge in [0.25, 0.3) is 0 Å². The van der Waals surface area contributed by atoms with Crippen molar-refractivity contribution in [2.75, 3.05) is 20.8 Å². The number of nitrogens with one attached hydrogen (secondary N) is 1. The van der Waals surface area contributed by atoms with Crippen molar-refractivity contribution in [1.29, 1.82) is 5.26 Å². The van der Waals surface area contributed by atoms with Gasteiger partial charge in [-0.3, -0.25) is 5.01 Å². The van der Waals surface area contributed by atoms with Gasteiger partial charge in [0, 0.05) is 6.54 Å². The van der Waals surface area contributed by atoms with Crippen LogP contribution in [0.1, 0.15) is 12.8 Å². The maximum Gasteiger partial charge on any atom is 0.356 e. The average Bonchev–Trinajstić information content (AvgIpc) is 2.83. The van der Waals surface area contributed by atoms with Crippen molar-refractivity contribution in [1.82, 2.24) is 10.4 Å². The van der Waals surface area contributed by atoms with E-state index in [9.17, 15) is 9.59 Å². The maximum absolute atomic E-state index is 11.6. The third-order valence-electron chi connectivity index (χ3n) is 2.56. The molecule has 0 aliphatic carbocycles. The van der Waals surface area contributed by atoms with Gasteiger partial charge in [-0.15, -0.1) is 0 Å². The highest BCUT2D eigenvalue weighted by Gasteiger charge is 2.30. The fourth-order valence-corrected chi connectivity index (χ4v) is 1.69. The summed E-state index contributed by atoms with van der Waals surface area (Å²) in [4.78, 5) is 22.9. The van der Waals surface area contributed by atoms with Crippen LogP contribution in [0.25, 0.3) is 0 Å². The molecule has 0 aromatic carbocycles. The molecule has 1 rings (SSSR count). The second-order valence-electron chi connectivity index (χ2n) is 3.63. The van der Waals surface area contributed by atoms with E-state index in [1.165, 1.54) is 19.2 Å². The zero-order valence-corrected chi connectivity index (χ0v) is 10.3. The number of nitrogens with zero attached hydrogens (tertiary/aromatic N) is 2. The molecule has 0 aromatic rings. The number of esters is 2. The summed E-state index contributed by atoms with van der Waals surface area (Å²) in [6, 6.07) is 1.88. The van der Waals surface area contributed by atoms with Crippen molar-refractivity contribution in [2.45, 2.75) is 18.9 Å². The van der Waals surface area contributed by atoms with Crippen LogP contribution in [0.4, 0.5) is 0 Å². The van der Waals surface area contributed by atoms with Crippen molar-refractivity contribution in [3.05, 3.63) is 11.8 Å². The molecule has 1 atom stereocenters. The normalized spacial score (nSPS) is 19.3. The Hall–Kier alpha value is -2.07. The third kappa shape index (κ3) is 3.21. The van der Waals surface area contributed by atoms with E-state index in [0.717, 1.165) is 6.08 Å². The van der Waals surface area contributed by atoms with Gasteiger partial charge in [-0.05, 0) is 6.42 Å². The number of nitriles is 1. The number of methoxy groups -OCH3 is 2. The van der Waals surface area contributed by atoms with Crippen molar-refractivity contribution in [3.8, 4) is 6.07 Å². The van der Waals surface area contributed by atoms with Gasteiger partial charge < -0.3 is 9.47 Å². The fraction of sp³-hybridized carbons (Fsp3) is 0.545. The first-order valence-corrected chi connectivity index (χ1v) is 5.41. The van der Waals surface area contributed by atoms with E-state index >= 15 is 0 Å². The second-order valence-corrected chi connectivity index (χ2v) is 3.63. The first-order chi connectivity index (χ1) is 8.63. The SMILES string of the molecule is COC(=O)/C=C(/C(=O)OC)N1NCCC1CC#N. The molecular formula is C11H15N3O4. The lowest BCUT2D eigenvalue weighted by atomic mass is 10.1. The summed E-state index contributed by atoms with van der Waals surface area (Å²) in [5, 5.41) is 10.2.